The average molecular weight is 467 g/mol. The summed E-state index contributed by atoms with van der Waals surface area (Å²) >= 11 is 0. The van der Waals surface area contributed by atoms with Crippen LogP contribution < -0.4 is 4.90 Å². The Kier molecular flexibility index (Phi) is 6.38. The van der Waals surface area contributed by atoms with Crippen LogP contribution in [0, 0.1) is 10.1 Å². The predicted molar refractivity (Wildman–Crippen MR) is 124 cm³/mol. The molecule has 1 aliphatic rings. The quantitative estimate of drug-likeness (QED) is 0.420. The molecule has 9 nitrogen and oxygen atoms in total. The van der Waals surface area contributed by atoms with Crippen molar-refractivity contribution in [3.05, 3.63) is 95.0 Å². The van der Waals surface area contributed by atoms with E-state index >= 15 is 0 Å². The first-order chi connectivity index (χ1) is 15.9. The van der Waals surface area contributed by atoms with E-state index < -0.39 is 14.9 Å². The number of sulfonamides is 1. The van der Waals surface area contributed by atoms with Gasteiger partial charge in [-0.3, -0.25) is 15.0 Å². The Labute approximate surface area is 191 Å². The van der Waals surface area contributed by atoms with Crippen molar-refractivity contribution in [2.75, 3.05) is 31.1 Å². The zero-order chi connectivity index (χ0) is 23.4. The number of rotatable bonds is 5. The smallest absolute Gasteiger partial charge is 0.321 e. The molecule has 0 N–H and O–H groups in total. The van der Waals surface area contributed by atoms with E-state index in [-0.39, 0.29) is 42.8 Å². The number of urea groups is 1. The zero-order valence-corrected chi connectivity index (χ0v) is 18.5. The van der Waals surface area contributed by atoms with E-state index in [1.54, 1.807) is 9.80 Å². The van der Waals surface area contributed by atoms with Crippen LogP contribution in [0.5, 0.6) is 0 Å². The highest BCUT2D eigenvalue weighted by Gasteiger charge is 2.33. The Balaban J connectivity index is 1.52. The number of nitrogens with zero attached hydrogens (tertiary/aromatic N) is 4. The number of nitro benzene ring substituents is 1. The number of para-hydroxylation sites is 2. The van der Waals surface area contributed by atoms with Crippen molar-refractivity contribution in [1.82, 2.24) is 9.21 Å². The Morgan fingerprint density at radius 1 is 0.818 bits per heavy atom. The largest absolute Gasteiger partial charge is 0.329 e. The van der Waals surface area contributed by atoms with Crippen molar-refractivity contribution in [2.45, 2.75) is 4.90 Å². The lowest BCUT2D eigenvalue weighted by Gasteiger charge is -2.37. The Morgan fingerprint density at radius 3 is 1.88 bits per heavy atom. The summed E-state index contributed by atoms with van der Waals surface area (Å²) in [6.45, 7) is 0.578. The van der Waals surface area contributed by atoms with Crippen molar-refractivity contribution in [3.63, 3.8) is 0 Å². The van der Waals surface area contributed by atoms with Gasteiger partial charge >= 0.3 is 6.03 Å². The molecule has 0 unspecified atom stereocenters. The summed E-state index contributed by atoms with van der Waals surface area (Å²) in [7, 11) is -3.91. The van der Waals surface area contributed by atoms with Crippen LogP contribution in [0.1, 0.15) is 0 Å². The zero-order valence-electron chi connectivity index (χ0n) is 17.6. The van der Waals surface area contributed by atoms with Crippen LogP contribution in [0.4, 0.5) is 21.9 Å². The normalized spacial score (nSPS) is 14.6. The van der Waals surface area contributed by atoms with Gasteiger partial charge in [-0.15, -0.1) is 0 Å². The first kappa shape index (κ1) is 22.4. The second-order valence-electron chi connectivity index (χ2n) is 7.43. The molecule has 170 valence electrons. The number of non-ortho nitro benzene ring substituents is 1. The van der Waals surface area contributed by atoms with Gasteiger partial charge in [-0.2, -0.15) is 4.31 Å². The lowest BCUT2D eigenvalue weighted by atomic mass is 10.2. The van der Waals surface area contributed by atoms with Gasteiger partial charge in [-0.25, -0.2) is 13.2 Å². The van der Waals surface area contributed by atoms with E-state index in [9.17, 15) is 23.3 Å². The van der Waals surface area contributed by atoms with Crippen LogP contribution >= 0.6 is 0 Å². The molecule has 3 aromatic rings. The minimum absolute atomic E-state index is 0.0915. The number of anilines is 2. The summed E-state index contributed by atoms with van der Waals surface area (Å²) in [6, 6.07) is 23.2. The lowest BCUT2D eigenvalue weighted by molar-refractivity contribution is -0.385. The second kappa shape index (κ2) is 9.39. The number of hydrogen-bond acceptors (Lipinski definition) is 5. The number of hydrogen-bond donors (Lipinski definition) is 0. The van der Waals surface area contributed by atoms with E-state index in [0.29, 0.717) is 11.4 Å². The van der Waals surface area contributed by atoms with Gasteiger partial charge in [0.2, 0.25) is 10.0 Å². The molecule has 0 saturated carbocycles. The molecule has 1 heterocycles. The van der Waals surface area contributed by atoms with Gasteiger partial charge in [0, 0.05) is 38.3 Å². The van der Waals surface area contributed by atoms with E-state index in [4.69, 9.17) is 0 Å². The topological polar surface area (TPSA) is 104 Å². The Morgan fingerprint density at radius 2 is 1.36 bits per heavy atom. The molecule has 1 saturated heterocycles. The molecule has 0 radical (unpaired) electrons. The minimum atomic E-state index is -3.91. The third kappa shape index (κ3) is 4.71. The van der Waals surface area contributed by atoms with Crippen LogP contribution in [0.25, 0.3) is 0 Å². The maximum atomic E-state index is 13.5. The minimum Gasteiger partial charge on any atom is -0.321 e. The summed E-state index contributed by atoms with van der Waals surface area (Å²) in [5, 5.41) is 11.0. The molecule has 1 aliphatic heterocycles. The predicted octanol–water partition coefficient (Wildman–Crippen LogP) is 3.86. The number of nitro groups is 1. The summed E-state index contributed by atoms with van der Waals surface area (Å²) in [4.78, 5) is 26.9. The van der Waals surface area contributed by atoms with Gasteiger partial charge in [0.15, 0.2) is 0 Å². The van der Waals surface area contributed by atoms with Crippen molar-refractivity contribution >= 4 is 33.1 Å². The van der Waals surface area contributed by atoms with E-state index in [1.807, 2.05) is 60.7 Å². The fourth-order valence-electron chi connectivity index (χ4n) is 3.69. The molecule has 0 atom stereocenters. The maximum Gasteiger partial charge on any atom is 0.329 e. The molecule has 33 heavy (non-hydrogen) atoms. The maximum absolute atomic E-state index is 13.5. The van der Waals surface area contributed by atoms with E-state index in [1.165, 1.54) is 22.5 Å². The van der Waals surface area contributed by atoms with Gasteiger partial charge in [0.25, 0.3) is 5.69 Å². The van der Waals surface area contributed by atoms with Crippen molar-refractivity contribution in [3.8, 4) is 0 Å². The standard InChI is InChI=1S/C23H22N4O5S/c28-23(26(19-8-3-1-4-9-19)20-10-5-2-6-11-20)24-14-16-25(17-15-24)33(31,32)22-13-7-12-21(18-22)27(29)30/h1-13,18H,14-17H2. The second-order valence-corrected chi connectivity index (χ2v) is 9.37. The molecule has 1 fully saturated rings. The fraction of sp³-hybridized carbons (Fsp3) is 0.174. The number of carbonyl (C=O) groups excluding carboxylic acids is 1. The molecule has 0 spiro atoms. The van der Waals surface area contributed by atoms with Gasteiger partial charge in [0.1, 0.15) is 0 Å². The SMILES string of the molecule is O=C(N1CCN(S(=O)(=O)c2cccc([N+](=O)[O-])c2)CC1)N(c1ccccc1)c1ccccc1. The molecule has 4 rings (SSSR count). The van der Waals surface area contributed by atoms with Gasteiger partial charge in [0.05, 0.1) is 21.2 Å². The van der Waals surface area contributed by atoms with Gasteiger partial charge in [-0.1, -0.05) is 42.5 Å². The van der Waals surface area contributed by atoms with Crippen LogP contribution in [0.2, 0.25) is 0 Å². The third-order valence-electron chi connectivity index (χ3n) is 5.40. The highest BCUT2D eigenvalue weighted by molar-refractivity contribution is 7.89. The number of carbonyl (C=O) groups is 1. The highest BCUT2D eigenvalue weighted by Crippen LogP contribution is 2.28. The summed E-state index contributed by atoms with van der Waals surface area (Å²) in [5.41, 5.74) is 1.13. The molecule has 10 heteroatoms. The molecule has 0 aliphatic carbocycles. The van der Waals surface area contributed by atoms with Crippen LogP contribution in [-0.2, 0) is 10.0 Å². The van der Waals surface area contributed by atoms with E-state index in [2.05, 4.69) is 0 Å². The van der Waals surface area contributed by atoms with Crippen LogP contribution in [0.3, 0.4) is 0 Å². The van der Waals surface area contributed by atoms with Gasteiger partial charge in [-0.05, 0) is 30.3 Å². The molecular formula is C23H22N4O5S. The Bertz CT molecular complexity index is 1200. The summed E-state index contributed by atoms with van der Waals surface area (Å²) in [6.07, 6.45) is 0. The average Bonchev–Trinajstić information content (AvgIpc) is 2.85. The number of benzene rings is 3. The summed E-state index contributed by atoms with van der Waals surface area (Å²) < 4.78 is 27.3. The number of piperazine rings is 1. The molecule has 2 amide bonds. The fourth-order valence-corrected chi connectivity index (χ4v) is 5.15. The lowest BCUT2D eigenvalue weighted by Crippen LogP contribution is -2.53. The molecular weight excluding hydrogens is 444 g/mol. The van der Waals surface area contributed by atoms with E-state index in [0.717, 1.165) is 6.07 Å². The summed E-state index contributed by atoms with van der Waals surface area (Å²) in [5.74, 6) is 0. The third-order valence-corrected chi connectivity index (χ3v) is 7.29. The first-order valence-corrected chi connectivity index (χ1v) is 11.8. The van der Waals surface area contributed by atoms with Crippen molar-refractivity contribution in [2.24, 2.45) is 0 Å². The first-order valence-electron chi connectivity index (χ1n) is 10.3. The molecule has 0 aromatic heterocycles. The number of amides is 2. The Hall–Kier alpha value is -3.76. The van der Waals surface area contributed by atoms with Crippen molar-refractivity contribution < 1.29 is 18.1 Å². The molecule has 0 bridgehead atoms. The van der Waals surface area contributed by atoms with Gasteiger partial charge < -0.3 is 4.90 Å². The molecule has 3 aromatic carbocycles. The van der Waals surface area contributed by atoms with Crippen molar-refractivity contribution in [1.29, 1.82) is 0 Å². The highest BCUT2D eigenvalue weighted by atomic mass is 32.2. The van der Waals surface area contributed by atoms with Crippen LogP contribution in [-0.4, -0.2) is 54.8 Å². The monoisotopic (exact) mass is 466 g/mol. The van der Waals surface area contributed by atoms with Crippen LogP contribution in [0.15, 0.2) is 89.8 Å².